The van der Waals surface area contributed by atoms with Gasteiger partial charge in [0.05, 0.1) is 5.75 Å². The molecular weight excluding hydrogens is 376 g/mol. The Labute approximate surface area is 171 Å². The predicted octanol–water partition coefficient (Wildman–Crippen LogP) is 3.95. The lowest BCUT2D eigenvalue weighted by Crippen LogP contribution is -2.26. The van der Waals surface area contributed by atoms with Crippen LogP contribution in [0.3, 0.4) is 0 Å². The van der Waals surface area contributed by atoms with Gasteiger partial charge in [0.2, 0.25) is 5.91 Å². The number of aryl methyl sites for hydroxylation is 2. The Morgan fingerprint density at radius 1 is 1.30 bits per heavy atom. The minimum absolute atomic E-state index is 0.0982. The molecule has 0 saturated heterocycles. The van der Waals surface area contributed by atoms with Crippen LogP contribution < -0.4 is 5.32 Å². The number of rotatable bonds is 11. The van der Waals surface area contributed by atoms with Crippen molar-refractivity contribution < 1.29 is 4.79 Å². The lowest BCUT2D eigenvalue weighted by molar-refractivity contribution is -0.118. The van der Waals surface area contributed by atoms with E-state index < -0.39 is 0 Å². The summed E-state index contributed by atoms with van der Waals surface area (Å²) in [6, 6.07) is 8.42. The van der Waals surface area contributed by atoms with Gasteiger partial charge >= 0.3 is 0 Å². The number of benzene rings is 1. The van der Waals surface area contributed by atoms with Crippen LogP contribution in [0, 0.1) is 12.8 Å². The maximum atomic E-state index is 12.0. The Hall–Kier alpha value is -1.47. The van der Waals surface area contributed by atoms with Crippen molar-refractivity contribution in [2.45, 2.75) is 51.1 Å². The highest BCUT2D eigenvalue weighted by Crippen LogP contribution is 2.17. The molecule has 5 nitrogen and oxygen atoms in total. The van der Waals surface area contributed by atoms with Gasteiger partial charge in [-0.2, -0.15) is 0 Å². The Bertz CT molecular complexity index is 731. The molecule has 2 aromatic rings. The van der Waals surface area contributed by atoms with Crippen molar-refractivity contribution in [2.75, 3.05) is 18.6 Å². The molecule has 1 amide bonds. The second-order valence-electron chi connectivity index (χ2n) is 7.04. The molecule has 0 aliphatic carbocycles. The first-order valence-electron chi connectivity index (χ1n) is 9.35. The van der Waals surface area contributed by atoms with E-state index in [1.807, 2.05) is 6.26 Å². The summed E-state index contributed by atoms with van der Waals surface area (Å²) in [5.74, 6) is 3.02. The molecule has 0 spiro atoms. The predicted molar refractivity (Wildman–Crippen MR) is 115 cm³/mol. The topological polar surface area (TPSA) is 59.8 Å². The molecule has 1 aromatic carbocycles. The molecule has 0 radical (unpaired) electrons. The summed E-state index contributed by atoms with van der Waals surface area (Å²) < 4.78 is 2.20. The van der Waals surface area contributed by atoms with Gasteiger partial charge in [-0.1, -0.05) is 55.4 Å². The summed E-state index contributed by atoms with van der Waals surface area (Å²) in [6.07, 6.45) is 3.73. The average molecular weight is 407 g/mol. The molecule has 0 aliphatic rings. The van der Waals surface area contributed by atoms with Gasteiger partial charge in [-0.05, 0) is 31.1 Å². The first-order chi connectivity index (χ1) is 13.0. The van der Waals surface area contributed by atoms with Crippen molar-refractivity contribution in [3.05, 3.63) is 41.2 Å². The van der Waals surface area contributed by atoms with Crippen LogP contribution in [0.25, 0.3) is 0 Å². The standard InChI is InChI=1S/C20H30N4OS2/c1-15(2)12-24-18(22-23-20(24)26-4)9-6-10-21-19(25)14-27-13-17-8-5-7-16(3)11-17/h5,7-8,11,15H,6,9-10,12-14H2,1-4H3,(H,21,25). The van der Waals surface area contributed by atoms with Crippen LogP contribution >= 0.6 is 23.5 Å². The first kappa shape index (κ1) is 21.8. The van der Waals surface area contributed by atoms with Crippen LogP contribution in [-0.4, -0.2) is 39.2 Å². The maximum absolute atomic E-state index is 12.0. The van der Waals surface area contributed by atoms with Gasteiger partial charge in [-0.3, -0.25) is 4.79 Å². The largest absolute Gasteiger partial charge is 0.355 e. The molecule has 2 rings (SSSR count). The van der Waals surface area contributed by atoms with E-state index in [4.69, 9.17) is 0 Å². The quantitative estimate of drug-likeness (QED) is 0.452. The fourth-order valence-electron chi connectivity index (χ4n) is 2.79. The third-order valence-electron chi connectivity index (χ3n) is 4.01. The number of nitrogens with zero attached hydrogens (tertiary/aromatic N) is 3. The molecule has 0 aliphatic heterocycles. The summed E-state index contributed by atoms with van der Waals surface area (Å²) in [6.45, 7) is 8.09. The van der Waals surface area contributed by atoms with Gasteiger partial charge < -0.3 is 9.88 Å². The van der Waals surface area contributed by atoms with Crippen LogP contribution in [0.15, 0.2) is 29.4 Å². The van der Waals surface area contributed by atoms with Crippen LogP contribution in [0.2, 0.25) is 0 Å². The van der Waals surface area contributed by atoms with E-state index in [-0.39, 0.29) is 5.91 Å². The second kappa shape index (κ2) is 11.4. The molecule has 7 heteroatoms. The second-order valence-corrected chi connectivity index (χ2v) is 8.80. The average Bonchev–Trinajstić information content (AvgIpc) is 3.00. The van der Waals surface area contributed by atoms with Gasteiger partial charge in [0.25, 0.3) is 0 Å². The molecule has 0 bridgehead atoms. The van der Waals surface area contributed by atoms with Crippen molar-refractivity contribution in [1.82, 2.24) is 20.1 Å². The number of carbonyl (C=O) groups excluding carboxylic acids is 1. The van der Waals surface area contributed by atoms with Crippen LogP contribution in [0.5, 0.6) is 0 Å². The number of hydrogen-bond donors (Lipinski definition) is 1. The number of carbonyl (C=O) groups is 1. The summed E-state index contributed by atoms with van der Waals surface area (Å²) in [5.41, 5.74) is 2.52. The van der Waals surface area contributed by atoms with Gasteiger partial charge in [-0.25, -0.2) is 0 Å². The number of aromatic nitrogens is 3. The number of hydrogen-bond acceptors (Lipinski definition) is 5. The monoisotopic (exact) mass is 406 g/mol. The van der Waals surface area contributed by atoms with Gasteiger partial charge in [0, 0.05) is 25.3 Å². The van der Waals surface area contributed by atoms with E-state index in [9.17, 15) is 4.79 Å². The zero-order valence-corrected chi connectivity index (χ0v) is 18.3. The highest BCUT2D eigenvalue weighted by atomic mass is 32.2. The maximum Gasteiger partial charge on any atom is 0.230 e. The zero-order chi connectivity index (χ0) is 19.6. The number of thioether (sulfide) groups is 2. The van der Waals surface area contributed by atoms with Crippen LogP contribution in [0.4, 0.5) is 0 Å². The molecular formula is C20H30N4OS2. The molecule has 0 saturated carbocycles. The Kier molecular flexibility index (Phi) is 9.21. The van der Waals surface area contributed by atoms with Crippen molar-refractivity contribution in [1.29, 1.82) is 0 Å². The summed E-state index contributed by atoms with van der Waals surface area (Å²) >= 11 is 3.28. The molecule has 0 fully saturated rings. The summed E-state index contributed by atoms with van der Waals surface area (Å²) in [7, 11) is 0. The normalized spacial score (nSPS) is 11.1. The number of amides is 1. The van der Waals surface area contributed by atoms with E-state index in [2.05, 4.69) is 65.1 Å². The zero-order valence-electron chi connectivity index (χ0n) is 16.7. The van der Waals surface area contributed by atoms with Crippen LogP contribution in [-0.2, 0) is 23.5 Å². The molecule has 1 aromatic heterocycles. The Morgan fingerprint density at radius 2 is 2.11 bits per heavy atom. The third kappa shape index (κ3) is 7.58. The van der Waals surface area contributed by atoms with E-state index in [0.29, 0.717) is 18.2 Å². The van der Waals surface area contributed by atoms with Crippen molar-refractivity contribution in [2.24, 2.45) is 5.92 Å². The SMILES string of the molecule is CSc1nnc(CCCNC(=O)CSCc2cccc(C)c2)n1CC(C)C. The molecule has 0 unspecified atom stereocenters. The third-order valence-corrected chi connectivity index (χ3v) is 5.68. The van der Waals surface area contributed by atoms with E-state index in [1.165, 1.54) is 11.1 Å². The highest BCUT2D eigenvalue weighted by Gasteiger charge is 2.12. The van der Waals surface area contributed by atoms with Crippen molar-refractivity contribution >= 4 is 29.4 Å². The van der Waals surface area contributed by atoms with Crippen molar-refractivity contribution in [3.63, 3.8) is 0 Å². The number of nitrogens with one attached hydrogen (secondary N) is 1. The molecule has 1 N–H and O–H groups in total. The Balaban J connectivity index is 1.67. The molecule has 27 heavy (non-hydrogen) atoms. The lowest BCUT2D eigenvalue weighted by atomic mass is 10.2. The van der Waals surface area contributed by atoms with Gasteiger partial charge in [0.15, 0.2) is 5.16 Å². The summed E-state index contributed by atoms with van der Waals surface area (Å²) in [5, 5.41) is 12.6. The van der Waals surface area contributed by atoms with E-state index in [1.54, 1.807) is 23.5 Å². The van der Waals surface area contributed by atoms with Gasteiger partial charge in [-0.15, -0.1) is 22.0 Å². The molecule has 148 valence electrons. The molecule has 1 heterocycles. The van der Waals surface area contributed by atoms with Crippen LogP contribution in [0.1, 0.15) is 37.2 Å². The summed E-state index contributed by atoms with van der Waals surface area (Å²) in [4.78, 5) is 12.0. The fraction of sp³-hybridized carbons (Fsp3) is 0.550. The smallest absolute Gasteiger partial charge is 0.230 e. The van der Waals surface area contributed by atoms with E-state index >= 15 is 0 Å². The minimum atomic E-state index is 0.0982. The minimum Gasteiger partial charge on any atom is -0.355 e. The van der Waals surface area contributed by atoms with Gasteiger partial charge in [0.1, 0.15) is 5.82 Å². The lowest BCUT2D eigenvalue weighted by Gasteiger charge is -2.11. The Morgan fingerprint density at radius 3 is 2.81 bits per heavy atom. The van der Waals surface area contributed by atoms with Crippen molar-refractivity contribution in [3.8, 4) is 0 Å². The molecule has 0 atom stereocenters. The first-order valence-corrected chi connectivity index (χ1v) is 11.7. The highest BCUT2D eigenvalue weighted by molar-refractivity contribution is 7.99. The fourth-order valence-corrected chi connectivity index (χ4v) is 4.12. The van der Waals surface area contributed by atoms with E-state index in [0.717, 1.165) is 36.1 Å².